The smallest absolute Gasteiger partial charge is 0.255 e. The van der Waals surface area contributed by atoms with Crippen LogP contribution in [0.25, 0.3) is 0 Å². The van der Waals surface area contributed by atoms with E-state index in [0.717, 1.165) is 17.5 Å². The van der Waals surface area contributed by atoms with E-state index in [0.29, 0.717) is 22.6 Å². The molecule has 1 aliphatic rings. The average Bonchev–Trinajstić information content (AvgIpc) is 3.12. The van der Waals surface area contributed by atoms with Gasteiger partial charge >= 0.3 is 0 Å². The first kappa shape index (κ1) is 23.0. The van der Waals surface area contributed by atoms with Crippen LogP contribution in [0, 0.1) is 0 Å². The Morgan fingerprint density at radius 2 is 1.85 bits per heavy atom. The molecule has 7 nitrogen and oxygen atoms in total. The summed E-state index contributed by atoms with van der Waals surface area (Å²) >= 11 is 0. The second-order valence-corrected chi connectivity index (χ2v) is 9.68. The summed E-state index contributed by atoms with van der Waals surface area (Å²) in [6.07, 6.45) is 0.188. The first-order chi connectivity index (χ1) is 15.8. The fourth-order valence-corrected chi connectivity index (χ4v) is 5.21. The van der Waals surface area contributed by atoms with Crippen LogP contribution >= 0.6 is 0 Å². The predicted octanol–water partition coefficient (Wildman–Crippen LogP) is 3.45. The maximum atomic E-state index is 12.9. The third-order valence-electron chi connectivity index (χ3n) is 5.81. The second kappa shape index (κ2) is 9.35. The highest BCUT2D eigenvalue weighted by Gasteiger charge is 2.34. The van der Waals surface area contributed by atoms with Crippen LogP contribution in [0.1, 0.15) is 40.0 Å². The van der Waals surface area contributed by atoms with Gasteiger partial charge in [0.1, 0.15) is 5.75 Å². The van der Waals surface area contributed by atoms with E-state index in [4.69, 9.17) is 4.74 Å². The molecule has 0 unspecified atom stereocenters. The maximum absolute atomic E-state index is 12.9. The second-order valence-electron chi connectivity index (χ2n) is 7.97. The molecular weight excluding hydrogens is 440 g/mol. The van der Waals surface area contributed by atoms with Gasteiger partial charge in [-0.2, -0.15) is 0 Å². The van der Waals surface area contributed by atoms with Crippen LogP contribution in [0.15, 0.2) is 71.6 Å². The number of methoxy groups -OCH3 is 1. The number of benzene rings is 3. The lowest BCUT2D eigenvalue weighted by Gasteiger charge is -2.18. The number of rotatable bonds is 7. The fraction of sp³-hybridized carbons (Fsp3) is 0.240. The molecule has 2 atom stereocenters. The number of fused-ring (bicyclic) bond motifs is 1. The molecule has 0 aromatic heterocycles. The minimum Gasteiger partial charge on any atom is -0.497 e. The van der Waals surface area contributed by atoms with Gasteiger partial charge in [-0.25, -0.2) is 13.1 Å². The van der Waals surface area contributed by atoms with E-state index in [2.05, 4.69) is 10.0 Å². The Bertz CT molecular complexity index is 1270. The summed E-state index contributed by atoms with van der Waals surface area (Å²) in [7, 11) is -2.27. The lowest BCUT2D eigenvalue weighted by Crippen LogP contribution is -2.33. The van der Waals surface area contributed by atoms with Crippen LogP contribution in [0.2, 0.25) is 0 Å². The first-order valence-electron chi connectivity index (χ1n) is 10.7. The van der Waals surface area contributed by atoms with Crippen LogP contribution in [0.5, 0.6) is 5.75 Å². The van der Waals surface area contributed by atoms with Crippen LogP contribution in [-0.2, 0) is 22.9 Å². The number of anilines is 1. The third-order valence-corrected chi connectivity index (χ3v) is 7.26. The number of hydrogen-bond donors (Lipinski definition) is 3. The predicted molar refractivity (Wildman–Crippen MR) is 126 cm³/mol. The van der Waals surface area contributed by atoms with Crippen molar-refractivity contribution in [3.63, 3.8) is 0 Å². The van der Waals surface area contributed by atoms with E-state index in [1.54, 1.807) is 66.7 Å². The monoisotopic (exact) mass is 466 g/mol. The van der Waals surface area contributed by atoms with Gasteiger partial charge < -0.3 is 15.2 Å². The van der Waals surface area contributed by atoms with Gasteiger partial charge in [0, 0.05) is 17.7 Å². The van der Waals surface area contributed by atoms with Gasteiger partial charge in [-0.3, -0.25) is 4.79 Å². The van der Waals surface area contributed by atoms with Gasteiger partial charge in [-0.05, 0) is 65.6 Å². The highest BCUT2D eigenvalue weighted by Crippen LogP contribution is 2.34. The van der Waals surface area contributed by atoms with E-state index >= 15 is 0 Å². The average molecular weight is 467 g/mol. The molecule has 3 N–H and O–H groups in total. The lowest BCUT2D eigenvalue weighted by atomic mass is 10.1. The molecule has 172 valence electrons. The van der Waals surface area contributed by atoms with Crippen molar-refractivity contribution in [1.82, 2.24) is 4.72 Å². The van der Waals surface area contributed by atoms with Gasteiger partial charge in [0.2, 0.25) is 10.0 Å². The lowest BCUT2D eigenvalue weighted by molar-refractivity contribution is 0.102. The molecule has 0 fully saturated rings. The van der Waals surface area contributed by atoms with Crippen molar-refractivity contribution in [2.75, 3.05) is 12.4 Å². The van der Waals surface area contributed by atoms with Crippen LogP contribution in [0.3, 0.4) is 0 Å². The van der Waals surface area contributed by atoms with Gasteiger partial charge in [0.15, 0.2) is 0 Å². The Balaban J connectivity index is 1.52. The van der Waals surface area contributed by atoms with Crippen molar-refractivity contribution >= 4 is 21.6 Å². The van der Waals surface area contributed by atoms with Crippen molar-refractivity contribution in [1.29, 1.82) is 0 Å². The molecule has 0 saturated heterocycles. The first-order valence-corrected chi connectivity index (χ1v) is 12.2. The molecule has 33 heavy (non-hydrogen) atoms. The van der Waals surface area contributed by atoms with Gasteiger partial charge in [0.05, 0.1) is 24.2 Å². The summed E-state index contributed by atoms with van der Waals surface area (Å²) in [4.78, 5) is 12.7. The Labute approximate surface area is 193 Å². The largest absolute Gasteiger partial charge is 0.497 e. The number of ether oxygens (including phenoxy) is 1. The van der Waals surface area contributed by atoms with Crippen LogP contribution in [-0.4, -0.2) is 32.6 Å². The number of carbonyl (C=O) groups is 1. The number of carbonyl (C=O) groups excluding carboxylic acids is 1. The standard InChI is InChI=1S/C25H26N2O5S/c1-3-16-7-10-21(11-8-16)33(30,31)27-24-22-12-9-19(13-18(22)15-23(24)28)26-25(29)17-5-4-6-20(14-17)32-2/h4-14,23-24,27-28H,3,15H2,1-2H3,(H,26,29)/t23-,24-/m1/s1. The summed E-state index contributed by atoms with van der Waals surface area (Å²) in [5, 5.41) is 13.4. The summed E-state index contributed by atoms with van der Waals surface area (Å²) in [5.41, 5.74) is 3.53. The number of hydrogen-bond acceptors (Lipinski definition) is 5. The summed E-state index contributed by atoms with van der Waals surface area (Å²) in [6.45, 7) is 2.00. The Morgan fingerprint density at radius 1 is 1.09 bits per heavy atom. The zero-order valence-corrected chi connectivity index (χ0v) is 19.2. The normalized spacial score (nSPS) is 17.4. The maximum Gasteiger partial charge on any atom is 0.255 e. The molecule has 0 radical (unpaired) electrons. The molecule has 0 spiro atoms. The number of amides is 1. The SMILES string of the molecule is CCc1ccc(S(=O)(=O)N[C@@H]2c3ccc(NC(=O)c4cccc(OC)c4)cc3C[C@H]2O)cc1. The van der Waals surface area contributed by atoms with E-state index in [-0.39, 0.29) is 17.2 Å². The van der Waals surface area contributed by atoms with E-state index < -0.39 is 22.2 Å². The quantitative estimate of drug-likeness (QED) is 0.495. The summed E-state index contributed by atoms with van der Waals surface area (Å²) in [5.74, 6) is 0.291. The van der Waals surface area contributed by atoms with E-state index in [1.165, 1.54) is 7.11 Å². The highest BCUT2D eigenvalue weighted by molar-refractivity contribution is 7.89. The molecule has 1 aliphatic carbocycles. The number of aliphatic hydroxyl groups is 1. The fourth-order valence-electron chi connectivity index (χ4n) is 3.96. The van der Waals surface area contributed by atoms with Crippen molar-refractivity contribution in [2.24, 2.45) is 0 Å². The van der Waals surface area contributed by atoms with Crippen LogP contribution < -0.4 is 14.8 Å². The molecule has 0 aliphatic heterocycles. The molecule has 0 heterocycles. The van der Waals surface area contributed by atoms with Gasteiger partial charge in [0.25, 0.3) is 5.91 Å². The zero-order chi connectivity index (χ0) is 23.6. The minimum atomic E-state index is -3.81. The molecule has 1 amide bonds. The zero-order valence-electron chi connectivity index (χ0n) is 18.4. The Kier molecular flexibility index (Phi) is 6.51. The Morgan fingerprint density at radius 3 is 2.55 bits per heavy atom. The van der Waals surface area contributed by atoms with Crippen LogP contribution in [0.4, 0.5) is 5.69 Å². The van der Waals surface area contributed by atoms with Gasteiger partial charge in [-0.15, -0.1) is 0 Å². The van der Waals surface area contributed by atoms with E-state index in [9.17, 15) is 18.3 Å². The third kappa shape index (κ3) is 4.93. The number of nitrogens with one attached hydrogen (secondary N) is 2. The molecule has 4 rings (SSSR count). The van der Waals surface area contributed by atoms with E-state index in [1.807, 2.05) is 6.92 Å². The van der Waals surface area contributed by atoms with Crippen molar-refractivity contribution in [3.8, 4) is 5.75 Å². The summed E-state index contributed by atoms with van der Waals surface area (Å²) < 4.78 is 33.5. The molecule has 3 aromatic rings. The number of aryl methyl sites for hydroxylation is 1. The van der Waals surface area contributed by atoms with Crippen molar-refractivity contribution in [3.05, 3.63) is 89.0 Å². The highest BCUT2D eigenvalue weighted by atomic mass is 32.2. The molecule has 3 aromatic carbocycles. The number of aliphatic hydroxyl groups excluding tert-OH is 1. The molecule has 8 heteroatoms. The Hall–Kier alpha value is -3.20. The molecule has 0 bridgehead atoms. The number of sulfonamides is 1. The van der Waals surface area contributed by atoms with Crippen molar-refractivity contribution in [2.45, 2.75) is 36.8 Å². The van der Waals surface area contributed by atoms with Gasteiger partial charge in [-0.1, -0.05) is 31.2 Å². The van der Waals surface area contributed by atoms with Crippen molar-refractivity contribution < 1.29 is 23.1 Å². The molecule has 0 saturated carbocycles. The summed E-state index contributed by atoms with van der Waals surface area (Å²) in [6, 6.07) is 18.0. The topological polar surface area (TPSA) is 105 Å². The molecular formula is C25H26N2O5S. The minimum absolute atomic E-state index is 0.155.